The average molecular weight is 621 g/mol. The largest absolute Gasteiger partial charge is 0.480 e. The number of anilines is 1. The number of aliphatic carboxylic acids is 1. The maximum Gasteiger partial charge on any atom is 0.410 e. The van der Waals surface area contributed by atoms with Gasteiger partial charge in [0.15, 0.2) is 0 Å². The van der Waals surface area contributed by atoms with Gasteiger partial charge in [-0.1, -0.05) is 0 Å². The fourth-order valence-electron chi connectivity index (χ4n) is 4.92. The van der Waals surface area contributed by atoms with E-state index in [1.807, 2.05) is 12.1 Å². The summed E-state index contributed by atoms with van der Waals surface area (Å²) in [5.41, 5.74) is 0.940. The summed E-state index contributed by atoms with van der Waals surface area (Å²) in [6.45, 7) is 3.05. The van der Waals surface area contributed by atoms with Gasteiger partial charge in [0.1, 0.15) is 18.6 Å². The summed E-state index contributed by atoms with van der Waals surface area (Å²) in [6, 6.07) is 0.709. The third-order valence-electron chi connectivity index (χ3n) is 7.01. The SMILES string of the molecule is COC(=O)C[C@@H]1C(=O)N(CC(=O)O)CCN1C(=O)[C@H](CC(=O)N1CCN(c2ccncc2)CC1)NC(=O)OC(C)OC(C)=O. The van der Waals surface area contributed by atoms with Crippen LogP contribution >= 0.6 is 0 Å². The van der Waals surface area contributed by atoms with Crippen molar-refractivity contribution in [2.75, 3.05) is 57.8 Å². The highest BCUT2D eigenvalue weighted by atomic mass is 16.7. The third kappa shape index (κ3) is 9.27. The number of hydrogen-bond donors (Lipinski definition) is 2. The van der Waals surface area contributed by atoms with Gasteiger partial charge in [0.25, 0.3) is 0 Å². The average Bonchev–Trinajstić information content (AvgIpc) is 2.98. The Hall–Kier alpha value is -4.96. The number of methoxy groups -OCH3 is 1. The number of piperazine rings is 2. The fraction of sp³-hybridized carbons (Fsp3) is 0.556. The molecule has 2 aliphatic rings. The maximum atomic E-state index is 13.9. The molecule has 2 N–H and O–H groups in total. The monoisotopic (exact) mass is 620 g/mol. The second-order valence-corrected chi connectivity index (χ2v) is 10.0. The highest BCUT2D eigenvalue weighted by molar-refractivity contribution is 5.97. The molecule has 3 heterocycles. The first-order chi connectivity index (χ1) is 20.9. The molecule has 1 aromatic heterocycles. The zero-order chi connectivity index (χ0) is 32.4. The van der Waals surface area contributed by atoms with E-state index in [9.17, 15) is 38.7 Å². The van der Waals surface area contributed by atoms with E-state index in [1.165, 1.54) is 11.8 Å². The molecule has 1 aromatic rings. The van der Waals surface area contributed by atoms with Crippen molar-refractivity contribution in [2.24, 2.45) is 0 Å². The molecule has 0 spiro atoms. The predicted octanol–water partition coefficient (Wildman–Crippen LogP) is -1.19. The second-order valence-electron chi connectivity index (χ2n) is 10.0. The molecule has 17 heteroatoms. The van der Waals surface area contributed by atoms with Gasteiger partial charge in [0, 0.05) is 71.2 Å². The summed E-state index contributed by atoms with van der Waals surface area (Å²) in [6.07, 6.45) is -0.255. The first-order valence-corrected chi connectivity index (χ1v) is 13.8. The van der Waals surface area contributed by atoms with Crippen molar-refractivity contribution in [2.45, 2.75) is 45.1 Å². The molecule has 3 atom stereocenters. The van der Waals surface area contributed by atoms with E-state index in [0.29, 0.717) is 26.2 Å². The lowest BCUT2D eigenvalue weighted by Gasteiger charge is -2.41. The minimum absolute atomic E-state index is 0.167. The molecular weight excluding hydrogens is 584 g/mol. The van der Waals surface area contributed by atoms with Gasteiger partial charge in [0.2, 0.25) is 24.0 Å². The van der Waals surface area contributed by atoms with Crippen LogP contribution in [0.25, 0.3) is 0 Å². The molecule has 1 unspecified atom stereocenters. The molecule has 0 aromatic carbocycles. The van der Waals surface area contributed by atoms with Gasteiger partial charge < -0.3 is 44.2 Å². The molecule has 240 valence electrons. The van der Waals surface area contributed by atoms with Crippen LogP contribution in [-0.4, -0.2) is 138 Å². The number of rotatable bonds is 11. The molecule has 4 amide bonds. The normalized spacial score (nSPS) is 18.2. The van der Waals surface area contributed by atoms with Crippen molar-refractivity contribution < 1.29 is 52.9 Å². The van der Waals surface area contributed by atoms with Gasteiger partial charge in [-0.25, -0.2) is 4.79 Å². The van der Waals surface area contributed by atoms with E-state index >= 15 is 0 Å². The molecule has 2 aliphatic heterocycles. The molecule has 2 fully saturated rings. The number of esters is 2. The lowest BCUT2D eigenvalue weighted by Crippen LogP contribution is -2.63. The molecular formula is C27H36N6O11. The van der Waals surface area contributed by atoms with Gasteiger partial charge in [-0.15, -0.1) is 0 Å². The number of nitrogens with one attached hydrogen (secondary N) is 1. The summed E-state index contributed by atoms with van der Waals surface area (Å²) in [4.78, 5) is 97.3. The van der Waals surface area contributed by atoms with Crippen LogP contribution in [0.4, 0.5) is 10.5 Å². The number of pyridine rings is 1. The van der Waals surface area contributed by atoms with Gasteiger partial charge in [-0.05, 0) is 12.1 Å². The number of aromatic nitrogens is 1. The molecule has 0 aliphatic carbocycles. The second kappa shape index (κ2) is 15.5. The standard InChI is InChI=1S/C27H36N6O11/c1-17(34)43-18(2)44-27(41)29-20(14-22(35)31-10-8-30(9-11-31)19-4-6-28-7-5-19)25(39)33-13-12-32(16-23(36)37)26(40)21(33)15-24(38)42-3/h4-7,18,20-21H,8-16H2,1-3H3,(H,29,41)(H,36,37)/t18?,20-,21+/m0/s1. The minimum Gasteiger partial charge on any atom is -0.480 e. The number of carbonyl (C=O) groups excluding carboxylic acids is 6. The number of carboxylic acid groups (broad SMARTS) is 1. The number of carboxylic acids is 1. The Morgan fingerprint density at radius 2 is 1.68 bits per heavy atom. The van der Waals surface area contributed by atoms with E-state index in [0.717, 1.165) is 29.5 Å². The summed E-state index contributed by atoms with van der Waals surface area (Å²) in [5.74, 6) is -4.98. The van der Waals surface area contributed by atoms with Crippen LogP contribution in [0.2, 0.25) is 0 Å². The topological polar surface area (TPSA) is 205 Å². The predicted molar refractivity (Wildman–Crippen MR) is 149 cm³/mol. The van der Waals surface area contributed by atoms with Crippen LogP contribution in [-0.2, 0) is 43.0 Å². The fourth-order valence-corrected chi connectivity index (χ4v) is 4.92. The highest BCUT2D eigenvalue weighted by Crippen LogP contribution is 2.20. The Labute approximate surface area is 253 Å². The summed E-state index contributed by atoms with van der Waals surface area (Å²) in [5, 5.41) is 11.5. The van der Waals surface area contributed by atoms with Crippen LogP contribution in [0.15, 0.2) is 24.5 Å². The lowest BCUT2D eigenvalue weighted by molar-refractivity contribution is -0.163. The van der Waals surface area contributed by atoms with Gasteiger partial charge in [0.05, 0.1) is 20.0 Å². The van der Waals surface area contributed by atoms with E-state index in [1.54, 1.807) is 12.4 Å². The lowest BCUT2D eigenvalue weighted by atomic mass is 10.0. The van der Waals surface area contributed by atoms with Gasteiger partial charge in [-0.2, -0.15) is 0 Å². The Kier molecular flexibility index (Phi) is 11.8. The van der Waals surface area contributed by atoms with Crippen LogP contribution in [0.5, 0.6) is 0 Å². The first-order valence-electron chi connectivity index (χ1n) is 13.8. The number of alkyl carbamates (subject to hydrolysis) is 1. The van der Waals surface area contributed by atoms with Crippen LogP contribution in [0.1, 0.15) is 26.7 Å². The quantitative estimate of drug-likeness (QED) is 0.221. The Morgan fingerprint density at radius 3 is 2.27 bits per heavy atom. The molecule has 3 rings (SSSR count). The van der Waals surface area contributed by atoms with Crippen molar-refractivity contribution >= 4 is 47.4 Å². The molecule has 0 radical (unpaired) electrons. The smallest absolute Gasteiger partial charge is 0.410 e. The van der Waals surface area contributed by atoms with Gasteiger partial charge in [-0.3, -0.25) is 33.8 Å². The Bertz CT molecular complexity index is 1240. The molecule has 2 saturated heterocycles. The van der Waals surface area contributed by atoms with Crippen molar-refractivity contribution in [1.82, 2.24) is 25.0 Å². The molecule has 44 heavy (non-hydrogen) atoms. The highest BCUT2D eigenvalue weighted by Gasteiger charge is 2.43. The van der Waals surface area contributed by atoms with Crippen molar-refractivity contribution in [1.29, 1.82) is 0 Å². The number of carbonyl (C=O) groups is 7. The van der Waals surface area contributed by atoms with Crippen molar-refractivity contribution in [3.05, 3.63) is 24.5 Å². The number of ether oxygens (including phenoxy) is 3. The summed E-state index contributed by atoms with van der Waals surface area (Å²) in [7, 11) is 1.09. The van der Waals surface area contributed by atoms with Crippen LogP contribution in [0.3, 0.4) is 0 Å². The summed E-state index contributed by atoms with van der Waals surface area (Å²) < 4.78 is 14.4. The Morgan fingerprint density at radius 1 is 1.02 bits per heavy atom. The van der Waals surface area contributed by atoms with Crippen LogP contribution < -0.4 is 10.2 Å². The Balaban J connectivity index is 1.79. The maximum absolute atomic E-state index is 13.9. The first kappa shape index (κ1) is 33.5. The van der Waals surface area contributed by atoms with Crippen LogP contribution in [0, 0.1) is 0 Å². The zero-order valence-electron chi connectivity index (χ0n) is 24.7. The van der Waals surface area contributed by atoms with E-state index in [-0.39, 0.29) is 13.1 Å². The van der Waals surface area contributed by atoms with E-state index < -0.39 is 79.5 Å². The zero-order valence-corrected chi connectivity index (χ0v) is 24.7. The summed E-state index contributed by atoms with van der Waals surface area (Å²) >= 11 is 0. The molecule has 0 bridgehead atoms. The molecule has 17 nitrogen and oxygen atoms in total. The van der Waals surface area contributed by atoms with Gasteiger partial charge >= 0.3 is 24.0 Å². The third-order valence-corrected chi connectivity index (χ3v) is 7.01. The molecule has 0 saturated carbocycles. The van der Waals surface area contributed by atoms with E-state index in [2.05, 4.69) is 19.9 Å². The van der Waals surface area contributed by atoms with Crippen molar-refractivity contribution in [3.63, 3.8) is 0 Å². The number of amides is 4. The van der Waals surface area contributed by atoms with Crippen molar-refractivity contribution in [3.8, 4) is 0 Å². The minimum atomic E-state index is -1.54. The number of nitrogens with zero attached hydrogens (tertiary/aromatic N) is 5. The number of hydrogen-bond acceptors (Lipinski definition) is 12. The van der Waals surface area contributed by atoms with E-state index in [4.69, 9.17) is 9.47 Å².